The summed E-state index contributed by atoms with van der Waals surface area (Å²) < 4.78 is 43.2. The lowest BCUT2D eigenvalue weighted by atomic mass is 10.3. The molecule has 1 fully saturated rings. The zero-order valence-corrected chi connectivity index (χ0v) is 13.4. The molecule has 6 nitrogen and oxygen atoms in total. The highest BCUT2D eigenvalue weighted by molar-refractivity contribution is 7.89. The standard InChI is InChI=1S/C13H15FN4O2S2/c14-11-1-3-13(4-2-11)22(19,20)18-7-5-17(6-8-18)9-12-10-21-16-15-12/h1-4,10H,5-9H2. The Bertz CT molecular complexity index is 711. The molecule has 1 aromatic heterocycles. The first-order valence-electron chi connectivity index (χ1n) is 6.80. The molecule has 3 rings (SSSR count). The summed E-state index contributed by atoms with van der Waals surface area (Å²) in [6.07, 6.45) is 0. The van der Waals surface area contributed by atoms with E-state index in [2.05, 4.69) is 14.5 Å². The smallest absolute Gasteiger partial charge is 0.243 e. The first-order valence-corrected chi connectivity index (χ1v) is 9.07. The van der Waals surface area contributed by atoms with Crippen LogP contribution in [-0.4, -0.2) is 53.4 Å². The van der Waals surface area contributed by atoms with Crippen LogP contribution in [0.15, 0.2) is 34.5 Å². The van der Waals surface area contributed by atoms with Gasteiger partial charge in [-0.3, -0.25) is 4.90 Å². The molecule has 1 aliphatic rings. The first-order chi connectivity index (χ1) is 10.6. The van der Waals surface area contributed by atoms with Gasteiger partial charge in [-0.2, -0.15) is 4.31 Å². The molecule has 1 aromatic carbocycles. The Morgan fingerprint density at radius 2 is 1.82 bits per heavy atom. The number of nitrogens with zero attached hydrogens (tertiary/aromatic N) is 4. The summed E-state index contributed by atoms with van der Waals surface area (Å²) in [7, 11) is -3.55. The maximum Gasteiger partial charge on any atom is 0.243 e. The molecule has 0 bridgehead atoms. The van der Waals surface area contributed by atoms with Gasteiger partial charge in [0.05, 0.1) is 10.6 Å². The number of hydrogen-bond donors (Lipinski definition) is 0. The Kier molecular flexibility index (Phi) is 4.48. The maximum atomic E-state index is 12.9. The molecule has 9 heteroatoms. The van der Waals surface area contributed by atoms with Gasteiger partial charge in [-0.15, -0.1) is 5.10 Å². The Morgan fingerprint density at radius 3 is 2.41 bits per heavy atom. The van der Waals surface area contributed by atoms with Crippen molar-refractivity contribution >= 4 is 21.6 Å². The van der Waals surface area contributed by atoms with Crippen LogP contribution in [0.4, 0.5) is 4.39 Å². The summed E-state index contributed by atoms with van der Waals surface area (Å²) in [5.41, 5.74) is 0.903. The first kappa shape index (κ1) is 15.5. The van der Waals surface area contributed by atoms with Crippen LogP contribution in [0.5, 0.6) is 0 Å². The minimum Gasteiger partial charge on any atom is -0.295 e. The normalized spacial score (nSPS) is 17.7. The van der Waals surface area contributed by atoms with Crippen molar-refractivity contribution in [3.63, 3.8) is 0 Å². The number of sulfonamides is 1. The molecule has 0 unspecified atom stereocenters. The fraction of sp³-hybridized carbons (Fsp3) is 0.385. The summed E-state index contributed by atoms with van der Waals surface area (Å²) in [6.45, 7) is 2.78. The summed E-state index contributed by atoms with van der Waals surface area (Å²) in [6, 6.07) is 4.94. The quantitative estimate of drug-likeness (QED) is 0.835. The van der Waals surface area contributed by atoms with Gasteiger partial charge < -0.3 is 0 Å². The molecule has 0 spiro atoms. The van der Waals surface area contributed by atoms with E-state index in [1.54, 1.807) is 0 Å². The van der Waals surface area contributed by atoms with E-state index in [0.29, 0.717) is 32.7 Å². The highest BCUT2D eigenvalue weighted by Crippen LogP contribution is 2.18. The van der Waals surface area contributed by atoms with E-state index in [9.17, 15) is 12.8 Å². The number of rotatable bonds is 4. The second-order valence-electron chi connectivity index (χ2n) is 5.03. The van der Waals surface area contributed by atoms with Crippen molar-refractivity contribution in [3.8, 4) is 0 Å². The van der Waals surface area contributed by atoms with Crippen LogP contribution in [0.25, 0.3) is 0 Å². The average Bonchev–Trinajstić information content (AvgIpc) is 3.01. The maximum absolute atomic E-state index is 12.9. The summed E-state index contributed by atoms with van der Waals surface area (Å²) in [5, 5.41) is 5.88. The van der Waals surface area contributed by atoms with Gasteiger partial charge >= 0.3 is 0 Å². The fourth-order valence-electron chi connectivity index (χ4n) is 2.37. The second-order valence-corrected chi connectivity index (χ2v) is 7.58. The average molecular weight is 342 g/mol. The monoisotopic (exact) mass is 342 g/mol. The Labute approximate surface area is 132 Å². The number of piperazine rings is 1. The van der Waals surface area contributed by atoms with E-state index in [4.69, 9.17) is 0 Å². The van der Waals surface area contributed by atoms with Crippen LogP contribution in [0.2, 0.25) is 0 Å². The van der Waals surface area contributed by atoms with Crippen LogP contribution >= 0.6 is 11.5 Å². The molecule has 0 atom stereocenters. The Balaban J connectivity index is 1.64. The fourth-order valence-corrected chi connectivity index (χ4v) is 4.23. The van der Waals surface area contributed by atoms with Crippen LogP contribution in [0.1, 0.15) is 5.69 Å². The van der Waals surface area contributed by atoms with E-state index in [1.165, 1.54) is 40.1 Å². The van der Waals surface area contributed by atoms with E-state index in [-0.39, 0.29) is 4.90 Å². The van der Waals surface area contributed by atoms with Crippen molar-refractivity contribution in [1.29, 1.82) is 0 Å². The lowest BCUT2D eigenvalue weighted by Gasteiger charge is -2.33. The molecule has 0 amide bonds. The van der Waals surface area contributed by atoms with Gasteiger partial charge in [-0.25, -0.2) is 12.8 Å². The van der Waals surface area contributed by atoms with Gasteiger partial charge in [-0.1, -0.05) is 4.49 Å². The van der Waals surface area contributed by atoms with Crippen molar-refractivity contribution in [3.05, 3.63) is 41.2 Å². The molecule has 0 N–H and O–H groups in total. The molecular formula is C13H15FN4O2S2. The number of hydrogen-bond acceptors (Lipinski definition) is 6. The van der Waals surface area contributed by atoms with Gasteiger partial charge in [-0.05, 0) is 35.8 Å². The molecule has 0 saturated carbocycles. The van der Waals surface area contributed by atoms with Crippen molar-refractivity contribution < 1.29 is 12.8 Å². The predicted octanol–water partition coefficient (Wildman–Crippen LogP) is 1.18. The van der Waals surface area contributed by atoms with Gasteiger partial charge in [0, 0.05) is 38.1 Å². The summed E-state index contributed by atoms with van der Waals surface area (Å²) >= 11 is 1.31. The van der Waals surface area contributed by atoms with Crippen molar-refractivity contribution in [2.75, 3.05) is 26.2 Å². The highest BCUT2D eigenvalue weighted by atomic mass is 32.2. The third-order valence-corrected chi connectivity index (χ3v) is 6.04. The Hall–Kier alpha value is -1.42. The van der Waals surface area contributed by atoms with Gasteiger partial charge in [0.2, 0.25) is 10.0 Å². The largest absolute Gasteiger partial charge is 0.295 e. The van der Waals surface area contributed by atoms with Crippen molar-refractivity contribution in [2.45, 2.75) is 11.4 Å². The van der Waals surface area contributed by atoms with E-state index in [0.717, 1.165) is 5.69 Å². The van der Waals surface area contributed by atoms with E-state index >= 15 is 0 Å². The molecule has 2 heterocycles. The lowest BCUT2D eigenvalue weighted by Crippen LogP contribution is -2.48. The second kappa shape index (κ2) is 6.37. The van der Waals surface area contributed by atoms with Gasteiger partial charge in [0.25, 0.3) is 0 Å². The summed E-state index contributed by atoms with van der Waals surface area (Å²) in [4.78, 5) is 2.28. The van der Waals surface area contributed by atoms with E-state index < -0.39 is 15.8 Å². The zero-order valence-electron chi connectivity index (χ0n) is 11.7. The van der Waals surface area contributed by atoms with Crippen LogP contribution in [0.3, 0.4) is 0 Å². The van der Waals surface area contributed by atoms with Gasteiger partial charge in [0.1, 0.15) is 5.82 Å². The Morgan fingerprint density at radius 1 is 1.14 bits per heavy atom. The molecule has 0 aliphatic carbocycles. The van der Waals surface area contributed by atoms with Crippen molar-refractivity contribution in [2.24, 2.45) is 0 Å². The molecule has 0 radical (unpaired) electrons. The molecule has 2 aromatic rings. The summed E-state index contributed by atoms with van der Waals surface area (Å²) in [5.74, 6) is -0.444. The lowest BCUT2D eigenvalue weighted by molar-refractivity contribution is 0.180. The van der Waals surface area contributed by atoms with Crippen LogP contribution in [0, 0.1) is 5.82 Å². The third kappa shape index (κ3) is 3.32. The zero-order chi connectivity index (χ0) is 15.6. The minimum absolute atomic E-state index is 0.131. The minimum atomic E-state index is -3.55. The van der Waals surface area contributed by atoms with E-state index in [1.807, 2.05) is 5.38 Å². The van der Waals surface area contributed by atoms with Crippen molar-refractivity contribution in [1.82, 2.24) is 18.8 Å². The van der Waals surface area contributed by atoms with Gasteiger partial charge in [0.15, 0.2) is 0 Å². The predicted molar refractivity (Wildman–Crippen MR) is 80.3 cm³/mol. The molecule has 22 heavy (non-hydrogen) atoms. The number of benzene rings is 1. The highest BCUT2D eigenvalue weighted by Gasteiger charge is 2.28. The SMILES string of the molecule is O=S(=O)(c1ccc(F)cc1)N1CCN(Cc2csnn2)CC1. The number of halogens is 1. The van der Waals surface area contributed by atoms with Crippen LogP contribution in [-0.2, 0) is 16.6 Å². The third-order valence-electron chi connectivity index (χ3n) is 3.57. The molecule has 1 saturated heterocycles. The number of aromatic nitrogens is 2. The molecular weight excluding hydrogens is 327 g/mol. The topological polar surface area (TPSA) is 66.4 Å². The molecule has 1 aliphatic heterocycles. The van der Waals surface area contributed by atoms with Crippen LogP contribution < -0.4 is 0 Å². The molecule has 118 valence electrons.